The molecule has 1 amide bonds. The van der Waals surface area contributed by atoms with Gasteiger partial charge in [-0.15, -0.1) is 0 Å². The summed E-state index contributed by atoms with van der Waals surface area (Å²) < 4.78 is 10.3. The van der Waals surface area contributed by atoms with Gasteiger partial charge in [-0.05, 0) is 24.3 Å². The molecule has 100 valence electrons. The summed E-state index contributed by atoms with van der Waals surface area (Å²) in [5.74, 6) is 0.857. The minimum atomic E-state index is -0.319. The van der Waals surface area contributed by atoms with E-state index in [-0.39, 0.29) is 11.6 Å². The highest BCUT2D eigenvalue weighted by Gasteiger charge is 2.13. The van der Waals surface area contributed by atoms with Crippen molar-refractivity contribution in [1.29, 1.82) is 0 Å². The van der Waals surface area contributed by atoms with Crippen molar-refractivity contribution in [1.82, 2.24) is 15.5 Å². The molecular weight excluding hydrogens is 258 g/mol. The smallest absolute Gasteiger partial charge is 0.273 e. The highest BCUT2D eigenvalue weighted by Crippen LogP contribution is 2.18. The molecule has 1 N–H and O–H groups in total. The maximum Gasteiger partial charge on any atom is 0.273 e. The first-order valence-electron chi connectivity index (χ1n) is 6.00. The van der Waals surface area contributed by atoms with Crippen LogP contribution in [0.2, 0.25) is 0 Å². The molecule has 0 aliphatic heterocycles. The van der Waals surface area contributed by atoms with Crippen LogP contribution in [0.1, 0.15) is 16.2 Å². The molecule has 0 fully saturated rings. The summed E-state index contributed by atoms with van der Waals surface area (Å²) in [7, 11) is 0. The molecule has 6 heteroatoms. The van der Waals surface area contributed by atoms with Gasteiger partial charge in [0.25, 0.3) is 5.91 Å². The van der Waals surface area contributed by atoms with Crippen molar-refractivity contribution < 1.29 is 13.7 Å². The first-order chi connectivity index (χ1) is 9.83. The third kappa shape index (κ3) is 2.59. The number of hydrogen-bond donors (Lipinski definition) is 1. The monoisotopic (exact) mass is 269 g/mol. The lowest BCUT2D eigenvalue weighted by Gasteiger charge is -1.98. The van der Waals surface area contributed by atoms with Gasteiger partial charge >= 0.3 is 0 Å². The zero-order valence-corrected chi connectivity index (χ0v) is 10.4. The van der Waals surface area contributed by atoms with Crippen LogP contribution in [0.5, 0.6) is 0 Å². The first kappa shape index (κ1) is 12.2. The number of nitrogens with zero attached hydrogens (tertiary/aromatic N) is 2. The predicted molar refractivity (Wildman–Crippen MR) is 69.6 cm³/mol. The third-order valence-corrected chi connectivity index (χ3v) is 2.69. The van der Waals surface area contributed by atoms with Crippen molar-refractivity contribution in [3.63, 3.8) is 0 Å². The van der Waals surface area contributed by atoms with Gasteiger partial charge in [-0.1, -0.05) is 5.16 Å². The van der Waals surface area contributed by atoms with E-state index in [0.717, 1.165) is 5.56 Å². The number of carbonyl (C=O) groups is 1. The van der Waals surface area contributed by atoms with Gasteiger partial charge in [0.1, 0.15) is 5.76 Å². The van der Waals surface area contributed by atoms with Gasteiger partial charge in [-0.3, -0.25) is 9.78 Å². The van der Waals surface area contributed by atoms with Crippen LogP contribution in [0.3, 0.4) is 0 Å². The van der Waals surface area contributed by atoms with Crippen molar-refractivity contribution in [2.24, 2.45) is 0 Å². The molecule has 20 heavy (non-hydrogen) atoms. The number of rotatable bonds is 4. The zero-order valence-electron chi connectivity index (χ0n) is 10.4. The number of amides is 1. The quantitative estimate of drug-likeness (QED) is 0.785. The zero-order chi connectivity index (χ0) is 13.8. The van der Waals surface area contributed by atoms with Gasteiger partial charge in [0.05, 0.1) is 12.8 Å². The topological polar surface area (TPSA) is 81.2 Å². The molecule has 0 spiro atoms. The lowest BCUT2D eigenvalue weighted by atomic mass is 10.2. The molecule has 0 aromatic carbocycles. The lowest BCUT2D eigenvalue weighted by Crippen LogP contribution is -2.22. The maximum atomic E-state index is 11.9. The van der Waals surface area contributed by atoms with Crippen LogP contribution in [0.25, 0.3) is 11.3 Å². The normalized spacial score (nSPS) is 10.4. The highest BCUT2D eigenvalue weighted by molar-refractivity contribution is 5.92. The fourth-order valence-electron chi connectivity index (χ4n) is 1.70. The Morgan fingerprint density at radius 2 is 2.25 bits per heavy atom. The predicted octanol–water partition coefficient (Wildman–Crippen LogP) is 2.26. The number of aromatic nitrogens is 2. The van der Waals surface area contributed by atoms with Gasteiger partial charge in [0.2, 0.25) is 0 Å². The van der Waals surface area contributed by atoms with E-state index in [4.69, 9.17) is 8.94 Å². The second-order valence-corrected chi connectivity index (χ2v) is 4.08. The minimum Gasteiger partial charge on any atom is -0.467 e. The van der Waals surface area contributed by atoms with Gasteiger partial charge in [-0.2, -0.15) is 0 Å². The van der Waals surface area contributed by atoms with Crippen LogP contribution in [0.15, 0.2) is 57.9 Å². The summed E-state index contributed by atoms with van der Waals surface area (Å²) in [5, 5.41) is 6.44. The Morgan fingerprint density at radius 1 is 1.30 bits per heavy atom. The minimum absolute atomic E-state index is 0.218. The van der Waals surface area contributed by atoms with E-state index in [1.165, 1.54) is 0 Å². The summed E-state index contributed by atoms with van der Waals surface area (Å²) in [4.78, 5) is 15.9. The molecule has 3 aromatic rings. The molecule has 6 nitrogen and oxygen atoms in total. The molecule has 0 aliphatic rings. The molecule has 0 aliphatic carbocycles. The van der Waals surface area contributed by atoms with Crippen molar-refractivity contribution in [3.05, 3.63) is 60.4 Å². The molecule has 0 radical (unpaired) electrons. The Balaban J connectivity index is 1.69. The number of nitrogens with one attached hydrogen (secondary N) is 1. The summed E-state index contributed by atoms with van der Waals surface area (Å²) in [6, 6.07) is 8.74. The molecule has 0 saturated carbocycles. The van der Waals surface area contributed by atoms with Crippen molar-refractivity contribution >= 4 is 5.91 Å². The van der Waals surface area contributed by atoms with Crippen molar-refractivity contribution in [2.45, 2.75) is 6.54 Å². The summed E-state index contributed by atoms with van der Waals surface area (Å²) in [6.45, 7) is 0.306. The number of furan rings is 1. The van der Waals surface area contributed by atoms with Crippen LogP contribution >= 0.6 is 0 Å². The molecule has 0 unspecified atom stereocenters. The number of pyridine rings is 1. The van der Waals surface area contributed by atoms with Gasteiger partial charge < -0.3 is 14.3 Å². The number of hydrogen-bond acceptors (Lipinski definition) is 5. The van der Waals surface area contributed by atoms with Crippen LogP contribution in [0, 0.1) is 0 Å². The van der Waals surface area contributed by atoms with E-state index in [2.05, 4.69) is 15.5 Å². The maximum absolute atomic E-state index is 11.9. The Kier molecular flexibility index (Phi) is 3.28. The molecule has 3 aromatic heterocycles. The van der Waals surface area contributed by atoms with Gasteiger partial charge in [-0.25, -0.2) is 0 Å². The Morgan fingerprint density at radius 3 is 3.00 bits per heavy atom. The van der Waals surface area contributed by atoms with E-state index < -0.39 is 0 Å². The number of carbonyl (C=O) groups excluding carboxylic acids is 1. The first-order valence-corrected chi connectivity index (χ1v) is 6.00. The average Bonchev–Trinajstić information content (AvgIpc) is 3.17. The molecule has 0 atom stereocenters. The van der Waals surface area contributed by atoms with E-state index in [1.807, 2.05) is 6.07 Å². The van der Waals surface area contributed by atoms with Gasteiger partial charge in [0, 0.05) is 24.0 Å². The van der Waals surface area contributed by atoms with Crippen molar-refractivity contribution in [3.8, 4) is 11.3 Å². The third-order valence-electron chi connectivity index (χ3n) is 2.69. The largest absolute Gasteiger partial charge is 0.467 e. The van der Waals surface area contributed by atoms with Gasteiger partial charge in [0.15, 0.2) is 11.5 Å². The van der Waals surface area contributed by atoms with E-state index in [1.54, 1.807) is 42.9 Å². The van der Waals surface area contributed by atoms with Crippen LogP contribution < -0.4 is 5.32 Å². The average molecular weight is 269 g/mol. The molecule has 0 bridgehead atoms. The fourth-order valence-corrected chi connectivity index (χ4v) is 1.70. The van der Waals surface area contributed by atoms with E-state index >= 15 is 0 Å². The van der Waals surface area contributed by atoms with Crippen LogP contribution in [-0.2, 0) is 6.54 Å². The molecule has 0 saturated heterocycles. The summed E-state index contributed by atoms with van der Waals surface area (Å²) >= 11 is 0. The van der Waals surface area contributed by atoms with E-state index in [0.29, 0.717) is 18.1 Å². The van der Waals surface area contributed by atoms with Crippen LogP contribution in [-0.4, -0.2) is 16.0 Å². The molecule has 3 rings (SSSR count). The highest BCUT2D eigenvalue weighted by atomic mass is 16.5. The molecular formula is C14H11N3O3. The SMILES string of the molecule is O=C(NCc1ccco1)c1cc(-c2cccnc2)on1. The van der Waals surface area contributed by atoms with E-state index in [9.17, 15) is 4.79 Å². The Labute approximate surface area is 114 Å². The lowest BCUT2D eigenvalue weighted by molar-refractivity contribution is 0.0939. The summed E-state index contributed by atoms with van der Waals surface area (Å²) in [6.07, 6.45) is 4.86. The Hall–Kier alpha value is -2.89. The standard InChI is InChI=1S/C14H11N3O3/c18-14(16-9-11-4-2-6-19-11)12-7-13(20-17-12)10-3-1-5-15-8-10/h1-8H,9H2,(H,16,18). The summed E-state index contributed by atoms with van der Waals surface area (Å²) in [5.41, 5.74) is 0.987. The second-order valence-electron chi connectivity index (χ2n) is 4.08. The van der Waals surface area contributed by atoms with Crippen molar-refractivity contribution in [2.75, 3.05) is 0 Å². The van der Waals surface area contributed by atoms with Crippen LogP contribution in [0.4, 0.5) is 0 Å². The fraction of sp³-hybridized carbons (Fsp3) is 0.0714. The molecule has 3 heterocycles. The Bertz CT molecular complexity index is 690. The second kappa shape index (κ2) is 5.40.